The van der Waals surface area contributed by atoms with Crippen LogP contribution in [0.3, 0.4) is 0 Å². The second-order valence-electron chi connectivity index (χ2n) is 7.38. The molecule has 27 heavy (non-hydrogen) atoms. The summed E-state index contributed by atoms with van der Waals surface area (Å²) in [6.07, 6.45) is 3.98. The fourth-order valence-electron chi connectivity index (χ4n) is 4.26. The molecule has 154 valence electrons. The van der Waals surface area contributed by atoms with E-state index < -0.39 is 15.2 Å². The first-order chi connectivity index (χ1) is 12.4. The van der Waals surface area contributed by atoms with E-state index in [1.165, 1.54) is 6.26 Å². The molecular formula is C19H31ClN2O4S. The fraction of sp³-hybridized carbons (Fsp3) is 0.684. The minimum Gasteiger partial charge on any atom is -0.454 e. The van der Waals surface area contributed by atoms with Gasteiger partial charge in [-0.05, 0) is 69.4 Å². The van der Waals surface area contributed by atoms with Crippen LogP contribution >= 0.6 is 12.4 Å². The Balaban J connectivity index is 0.00000261. The quantitative estimate of drug-likeness (QED) is 0.733. The van der Waals surface area contributed by atoms with Gasteiger partial charge in [-0.25, -0.2) is 8.42 Å². The summed E-state index contributed by atoms with van der Waals surface area (Å²) in [7, 11) is -3.17. The Morgan fingerprint density at radius 3 is 2.52 bits per heavy atom. The molecule has 2 aliphatic heterocycles. The van der Waals surface area contributed by atoms with Crippen LogP contribution in [-0.2, 0) is 16.3 Å². The number of sulfone groups is 1. The van der Waals surface area contributed by atoms with Gasteiger partial charge >= 0.3 is 0 Å². The van der Waals surface area contributed by atoms with Crippen LogP contribution in [0.15, 0.2) is 18.2 Å². The maximum absolute atomic E-state index is 12.6. The number of ether oxygens (including phenoxy) is 2. The lowest BCUT2D eigenvalue weighted by Gasteiger charge is -2.40. The third-order valence-electron chi connectivity index (χ3n) is 5.45. The highest BCUT2D eigenvalue weighted by atomic mass is 35.5. The van der Waals surface area contributed by atoms with E-state index in [4.69, 9.17) is 9.47 Å². The molecule has 2 aliphatic rings. The number of nitrogens with zero attached hydrogens (tertiary/aromatic N) is 1. The number of hydrogen-bond acceptors (Lipinski definition) is 6. The van der Waals surface area contributed by atoms with E-state index in [1.807, 2.05) is 18.2 Å². The standard InChI is InChI=1S/C19H30N2O4S.ClH/c1-4-21(19(26(3,22)23)16-7-9-20-10-8-16)14(2)11-15-5-6-17-18(12-15)25-13-24-17;/h5-6,12,14,16,19-20H,4,7-11,13H2,1-3H3;1H. The van der Waals surface area contributed by atoms with Crippen LogP contribution in [0.4, 0.5) is 0 Å². The van der Waals surface area contributed by atoms with Crippen molar-refractivity contribution in [3.63, 3.8) is 0 Å². The summed E-state index contributed by atoms with van der Waals surface area (Å²) >= 11 is 0. The molecule has 1 aromatic rings. The van der Waals surface area contributed by atoms with Crippen molar-refractivity contribution in [2.24, 2.45) is 5.92 Å². The Bertz CT molecular complexity index is 722. The molecule has 1 fully saturated rings. The zero-order chi connectivity index (χ0) is 18.7. The third-order valence-corrected chi connectivity index (χ3v) is 6.99. The highest BCUT2D eigenvalue weighted by Gasteiger charge is 2.37. The predicted molar refractivity (Wildman–Crippen MR) is 110 cm³/mol. The SMILES string of the molecule is CCN(C(C)Cc1ccc2c(c1)OCO2)C(C1CCNCC1)S(C)(=O)=O.Cl. The number of hydrogen-bond donors (Lipinski definition) is 1. The van der Waals surface area contributed by atoms with Crippen molar-refractivity contribution >= 4 is 22.2 Å². The van der Waals surface area contributed by atoms with Gasteiger partial charge in [0.05, 0.1) is 0 Å². The Hall–Kier alpha value is -1.02. The van der Waals surface area contributed by atoms with E-state index in [-0.39, 0.29) is 31.2 Å². The highest BCUT2D eigenvalue weighted by Crippen LogP contribution is 2.33. The Morgan fingerprint density at radius 1 is 1.22 bits per heavy atom. The van der Waals surface area contributed by atoms with Gasteiger partial charge in [0.2, 0.25) is 6.79 Å². The van der Waals surface area contributed by atoms with Gasteiger partial charge in [-0.2, -0.15) is 0 Å². The lowest BCUT2D eigenvalue weighted by atomic mass is 9.95. The smallest absolute Gasteiger partial charge is 0.231 e. The van der Waals surface area contributed by atoms with Crippen LogP contribution < -0.4 is 14.8 Å². The fourth-order valence-corrected chi connectivity index (χ4v) is 6.08. The Kier molecular flexibility index (Phi) is 7.80. The molecule has 0 spiro atoms. The summed E-state index contributed by atoms with van der Waals surface area (Å²) in [5, 5.41) is 2.91. The first kappa shape index (κ1) is 22.3. The molecule has 0 amide bonds. The lowest BCUT2D eigenvalue weighted by molar-refractivity contribution is 0.138. The topological polar surface area (TPSA) is 67.9 Å². The third kappa shape index (κ3) is 5.28. The largest absolute Gasteiger partial charge is 0.454 e. The Morgan fingerprint density at radius 2 is 1.89 bits per heavy atom. The molecule has 0 saturated carbocycles. The highest BCUT2D eigenvalue weighted by molar-refractivity contribution is 7.91. The molecule has 0 aliphatic carbocycles. The Labute approximate surface area is 168 Å². The molecule has 2 atom stereocenters. The molecule has 1 aromatic carbocycles. The van der Waals surface area contributed by atoms with Gasteiger partial charge in [0.1, 0.15) is 5.37 Å². The van der Waals surface area contributed by atoms with Crippen LogP contribution in [0.1, 0.15) is 32.3 Å². The van der Waals surface area contributed by atoms with Crippen LogP contribution in [0, 0.1) is 5.92 Å². The molecule has 1 saturated heterocycles. The van der Waals surface area contributed by atoms with Gasteiger partial charge in [-0.3, -0.25) is 4.90 Å². The van der Waals surface area contributed by atoms with Crippen molar-refractivity contribution in [3.05, 3.63) is 23.8 Å². The molecule has 2 unspecified atom stereocenters. The van der Waals surface area contributed by atoms with Crippen LogP contribution in [0.2, 0.25) is 0 Å². The summed E-state index contributed by atoms with van der Waals surface area (Å²) in [5.41, 5.74) is 1.14. The van der Waals surface area contributed by atoms with E-state index >= 15 is 0 Å². The molecule has 0 bridgehead atoms. The number of benzene rings is 1. The molecule has 0 aromatic heterocycles. The number of halogens is 1. The van der Waals surface area contributed by atoms with E-state index in [1.54, 1.807) is 0 Å². The predicted octanol–water partition coefficient (Wildman–Crippen LogP) is 2.46. The van der Waals surface area contributed by atoms with Gasteiger partial charge in [-0.15, -0.1) is 12.4 Å². The normalized spacial score (nSPS) is 19.6. The van der Waals surface area contributed by atoms with Gasteiger partial charge in [0.15, 0.2) is 21.3 Å². The van der Waals surface area contributed by atoms with Crippen LogP contribution in [0.25, 0.3) is 0 Å². The van der Waals surface area contributed by atoms with Gasteiger partial charge in [0.25, 0.3) is 0 Å². The zero-order valence-corrected chi connectivity index (χ0v) is 17.9. The maximum atomic E-state index is 12.6. The summed E-state index contributed by atoms with van der Waals surface area (Å²) in [6, 6.07) is 6.10. The number of piperidine rings is 1. The van der Waals surface area contributed by atoms with Gasteiger partial charge in [0, 0.05) is 12.3 Å². The number of fused-ring (bicyclic) bond motifs is 1. The van der Waals surface area contributed by atoms with E-state index in [0.29, 0.717) is 6.54 Å². The molecule has 3 rings (SSSR count). The average Bonchev–Trinajstić information content (AvgIpc) is 3.06. The minimum absolute atomic E-state index is 0. The molecule has 6 nitrogen and oxygen atoms in total. The van der Waals surface area contributed by atoms with Crippen molar-refractivity contribution in [1.29, 1.82) is 0 Å². The van der Waals surface area contributed by atoms with Crippen LogP contribution in [-0.4, -0.2) is 57.4 Å². The monoisotopic (exact) mass is 418 g/mol. The molecule has 2 heterocycles. The van der Waals surface area contributed by atoms with Gasteiger partial charge in [-0.1, -0.05) is 13.0 Å². The summed E-state index contributed by atoms with van der Waals surface area (Å²) in [6.45, 7) is 6.94. The van der Waals surface area contributed by atoms with Crippen LogP contribution in [0.5, 0.6) is 11.5 Å². The van der Waals surface area contributed by atoms with Crippen molar-refractivity contribution in [3.8, 4) is 11.5 Å². The maximum Gasteiger partial charge on any atom is 0.231 e. The minimum atomic E-state index is -3.17. The van der Waals surface area contributed by atoms with E-state index in [9.17, 15) is 8.42 Å². The van der Waals surface area contributed by atoms with Crippen molar-refractivity contribution < 1.29 is 17.9 Å². The number of nitrogens with one attached hydrogen (secondary N) is 1. The molecular weight excluding hydrogens is 388 g/mol. The summed E-state index contributed by atoms with van der Waals surface area (Å²) in [4.78, 5) is 2.16. The number of rotatable bonds is 7. The van der Waals surface area contributed by atoms with Crippen molar-refractivity contribution in [1.82, 2.24) is 10.2 Å². The second-order valence-corrected chi connectivity index (χ2v) is 9.52. The number of likely N-dealkylation sites (N-methyl/N-ethyl adjacent to an activating group) is 1. The molecule has 0 radical (unpaired) electrons. The van der Waals surface area contributed by atoms with Crippen molar-refractivity contribution in [2.75, 3.05) is 32.7 Å². The summed E-state index contributed by atoms with van der Waals surface area (Å²) in [5.74, 6) is 1.73. The summed E-state index contributed by atoms with van der Waals surface area (Å²) < 4.78 is 36.1. The molecule has 1 N–H and O–H groups in total. The van der Waals surface area contributed by atoms with E-state index in [2.05, 4.69) is 24.1 Å². The van der Waals surface area contributed by atoms with E-state index in [0.717, 1.165) is 49.4 Å². The van der Waals surface area contributed by atoms with Crippen molar-refractivity contribution in [2.45, 2.75) is 44.5 Å². The first-order valence-corrected chi connectivity index (χ1v) is 11.4. The second kappa shape index (κ2) is 9.45. The van der Waals surface area contributed by atoms with Gasteiger partial charge < -0.3 is 14.8 Å². The zero-order valence-electron chi connectivity index (χ0n) is 16.3. The average molecular weight is 419 g/mol. The first-order valence-electron chi connectivity index (χ1n) is 9.44. The lowest BCUT2D eigenvalue weighted by Crippen LogP contribution is -2.52. The molecule has 8 heteroatoms.